The second kappa shape index (κ2) is 6.51. The zero-order valence-electron chi connectivity index (χ0n) is 13.4. The van der Waals surface area contributed by atoms with E-state index in [0.29, 0.717) is 19.0 Å². The molecule has 0 radical (unpaired) electrons. The van der Waals surface area contributed by atoms with Crippen LogP contribution in [0.2, 0.25) is 0 Å². The quantitative estimate of drug-likeness (QED) is 0.716. The standard InChI is InChI=1S/C15H20N6OS/c1-10(22)8-16-14-17-11-6-4-5-7-12(11)21(14)9-13-18-15(20(2)3)23-19-13/h4-7,10,22H,8-9H2,1-3H3,(H,16,17). The van der Waals surface area contributed by atoms with Crippen molar-refractivity contribution < 1.29 is 5.11 Å². The van der Waals surface area contributed by atoms with Crippen LogP contribution in [0.1, 0.15) is 12.7 Å². The van der Waals surface area contributed by atoms with Gasteiger partial charge in [0.05, 0.1) is 23.7 Å². The van der Waals surface area contributed by atoms with Crippen molar-refractivity contribution in [1.82, 2.24) is 18.9 Å². The SMILES string of the molecule is CC(O)CNc1nc2ccccc2n1Cc1nsc(N(C)C)n1. The largest absolute Gasteiger partial charge is 0.392 e. The molecule has 1 aromatic carbocycles. The lowest BCUT2D eigenvalue weighted by Crippen LogP contribution is -2.18. The van der Waals surface area contributed by atoms with Crippen molar-refractivity contribution in [3.63, 3.8) is 0 Å². The van der Waals surface area contributed by atoms with Crippen molar-refractivity contribution in [2.45, 2.75) is 19.6 Å². The molecule has 2 N–H and O–H groups in total. The van der Waals surface area contributed by atoms with E-state index in [9.17, 15) is 5.11 Å². The molecule has 2 heterocycles. The minimum atomic E-state index is -0.444. The Morgan fingerprint density at radius 1 is 1.30 bits per heavy atom. The van der Waals surface area contributed by atoms with Crippen LogP contribution in [0, 0.1) is 0 Å². The summed E-state index contributed by atoms with van der Waals surface area (Å²) in [7, 11) is 3.90. The summed E-state index contributed by atoms with van der Waals surface area (Å²) in [6, 6.07) is 7.94. The number of imidazole rings is 1. The number of nitrogens with one attached hydrogen (secondary N) is 1. The molecular weight excluding hydrogens is 312 g/mol. The highest BCUT2D eigenvalue weighted by atomic mass is 32.1. The summed E-state index contributed by atoms with van der Waals surface area (Å²) in [5.74, 6) is 1.47. The molecule has 0 aliphatic rings. The Morgan fingerprint density at radius 3 is 2.78 bits per heavy atom. The Morgan fingerprint density at radius 2 is 2.09 bits per heavy atom. The number of para-hydroxylation sites is 2. The fraction of sp³-hybridized carbons (Fsp3) is 0.400. The van der Waals surface area contributed by atoms with Gasteiger partial charge in [-0.25, -0.2) is 9.97 Å². The molecule has 0 saturated carbocycles. The van der Waals surface area contributed by atoms with Crippen molar-refractivity contribution in [3.05, 3.63) is 30.1 Å². The number of rotatable bonds is 6. The van der Waals surface area contributed by atoms with Gasteiger partial charge in [0.25, 0.3) is 0 Å². The van der Waals surface area contributed by atoms with Gasteiger partial charge >= 0.3 is 0 Å². The molecule has 0 fully saturated rings. The smallest absolute Gasteiger partial charge is 0.204 e. The number of aliphatic hydroxyl groups is 1. The Labute approximate surface area is 138 Å². The van der Waals surface area contributed by atoms with Gasteiger partial charge in [0, 0.05) is 32.2 Å². The van der Waals surface area contributed by atoms with Gasteiger partial charge in [0.15, 0.2) is 5.82 Å². The van der Waals surface area contributed by atoms with E-state index >= 15 is 0 Å². The van der Waals surface area contributed by atoms with Crippen LogP contribution in [0.4, 0.5) is 11.1 Å². The monoisotopic (exact) mass is 332 g/mol. The van der Waals surface area contributed by atoms with E-state index in [4.69, 9.17) is 0 Å². The van der Waals surface area contributed by atoms with Crippen LogP contribution < -0.4 is 10.2 Å². The van der Waals surface area contributed by atoms with Crippen LogP contribution in [0.15, 0.2) is 24.3 Å². The number of fused-ring (bicyclic) bond motifs is 1. The second-order valence-corrected chi connectivity index (χ2v) is 6.36. The Kier molecular flexibility index (Phi) is 4.44. The fourth-order valence-corrected chi connectivity index (χ4v) is 2.84. The maximum Gasteiger partial charge on any atom is 0.204 e. The highest BCUT2D eigenvalue weighted by Crippen LogP contribution is 2.22. The molecule has 0 bridgehead atoms. The molecule has 3 aromatic rings. The molecule has 23 heavy (non-hydrogen) atoms. The third kappa shape index (κ3) is 3.43. The zero-order valence-corrected chi connectivity index (χ0v) is 14.2. The van der Waals surface area contributed by atoms with Crippen molar-refractivity contribution in [2.24, 2.45) is 0 Å². The summed E-state index contributed by atoms with van der Waals surface area (Å²) in [5.41, 5.74) is 1.92. The van der Waals surface area contributed by atoms with Crippen LogP contribution in [0.5, 0.6) is 0 Å². The van der Waals surface area contributed by atoms with E-state index in [-0.39, 0.29) is 0 Å². The van der Waals surface area contributed by atoms with Crippen LogP contribution in [0.3, 0.4) is 0 Å². The Balaban J connectivity index is 1.94. The maximum atomic E-state index is 9.51. The van der Waals surface area contributed by atoms with E-state index < -0.39 is 6.10 Å². The molecule has 3 rings (SSSR count). The fourth-order valence-electron chi connectivity index (χ4n) is 2.24. The number of anilines is 2. The molecule has 2 aromatic heterocycles. The van der Waals surface area contributed by atoms with Crippen molar-refractivity contribution in [3.8, 4) is 0 Å². The number of benzene rings is 1. The predicted molar refractivity (Wildman–Crippen MR) is 93.2 cm³/mol. The van der Waals surface area contributed by atoms with Gasteiger partial charge in [0.1, 0.15) is 0 Å². The first-order chi connectivity index (χ1) is 11.0. The molecule has 0 aliphatic carbocycles. The van der Waals surface area contributed by atoms with E-state index in [1.807, 2.05) is 47.8 Å². The normalized spacial score (nSPS) is 12.5. The van der Waals surface area contributed by atoms with Crippen molar-refractivity contribution in [2.75, 3.05) is 30.9 Å². The van der Waals surface area contributed by atoms with Gasteiger partial charge in [-0.05, 0) is 19.1 Å². The molecular formula is C15H20N6OS. The molecule has 0 amide bonds. The lowest BCUT2D eigenvalue weighted by molar-refractivity contribution is 0.208. The predicted octanol–water partition coefficient (Wildman–Crippen LogP) is 1.79. The number of aliphatic hydroxyl groups excluding tert-OH is 1. The minimum absolute atomic E-state index is 0.441. The summed E-state index contributed by atoms with van der Waals surface area (Å²) in [5, 5.41) is 13.6. The molecule has 0 aliphatic heterocycles. The lowest BCUT2D eigenvalue weighted by Gasteiger charge is -2.10. The third-order valence-corrected chi connectivity index (χ3v) is 4.27. The summed E-state index contributed by atoms with van der Waals surface area (Å²) in [4.78, 5) is 11.1. The van der Waals surface area contributed by atoms with Gasteiger partial charge in [-0.1, -0.05) is 12.1 Å². The maximum absolute atomic E-state index is 9.51. The highest BCUT2D eigenvalue weighted by Gasteiger charge is 2.14. The van der Waals surface area contributed by atoms with Crippen LogP contribution in [-0.2, 0) is 6.54 Å². The zero-order chi connectivity index (χ0) is 16.4. The van der Waals surface area contributed by atoms with Crippen LogP contribution in [0.25, 0.3) is 11.0 Å². The molecule has 0 saturated heterocycles. The van der Waals surface area contributed by atoms with Gasteiger partial charge in [-0.15, -0.1) is 0 Å². The van der Waals surface area contributed by atoms with Crippen molar-refractivity contribution in [1.29, 1.82) is 0 Å². The molecule has 1 atom stereocenters. The van der Waals surface area contributed by atoms with E-state index in [0.717, 1.165) is 22.0 Å². The number of nitrogens with zero attached hydrogens (tertiary/aromatic N) is 5. The first-order valence-electron chi connectivity index (χ1n) is 7.41. The summed E-state index contributed by atoms with van der Waals surface area (Å²) < 4.78 is 6.46. The van der Waals surface area contributed by atoms with Crippen molar-refractivity contribution >= 4 is 33.6 Å². The summed E-state index contributed by atoms with van der Waals surface area (Å²) in [6.45, 7) is 2.72. The summed E-state index contributed by atoms with van der Waals surface area (Å²) >= 11 is 1.38. The van der Waals surface area contributed by atoms with E-state index in [1.54, 1.807) is 6.92 Å². The minimum Gasteiger partial charge on any atom is -0.392 e. The average molecular weight is 332 g/mol. The summed E-state index contributed by atoms with van der Waals surface area (Å²) in [6.07, 6.45) is -0.444. The van der Waals surface area contributed by atoms with Gasteiger partial charge in [-0.2, -0.15) is 4.37 Å². The van der Waals surface area contributed by atoms with Gasteiger partial charge in [-0.3, -0.25) is 0 Å². The first-order valence-corrected chi connectivity index (χ1v) is 8.19. The lowest BCUT2D eigenvalue weighted by atomic mass is 10.3. The molecule has 0 spiro atoms. The molecule has 1 unspecified atom stereocenters. The number of aromatic nitrogens is 4. The highest BCUT2D eigenvalue weighted by molar-refractivity contribution is 7.09. The first kappa shape index (κ1) is 15.7. The van der Waals surface area contributed by atoms with Crippen LogP contribution >= 0.6 is 11.5 Å². The van der Waals surface area contributed by atoms with Gasteiger partial charge < -0.3 is 19.9 Å². The number of hydrogen-bond donors (Lipinski definition) is 2. The molecule has 122 valence electrons. The van der Waals surface area contributed by atoms with Crippen LogP contribution in [-0.4, -0.2) is 50.8 Å². The topological polar surface area (TPSA) is 79.1 Å². The average Bonchev–Trinajstić information content (AvgIpc) is 3.11. The Bertz CT molecular complexity index is 794. The Hall–Kier alpha value is -2.19. The second-order valence-electron chi connectivity index (χ2n) is 5.63. The molecule has 8 heteroatoms. The van der Waals surface area contributed by atoms with E-state index in [2.05, 4.69) is 19.7 Å². The van der Waals surface area contributed by atoms with E-state index in [1.165, 1.54) is 11.5 Å². The number of hydrogen-bond acceptors (Lipinski definition) is 7. The third-order valence-electron chi connectivity index (χ3n) is 3.35. The molecule has 7 nitrogen and oxygen atoms in total. The van der Waals surface area contributed by atoms with Gasteiger partial charge in [0.2, 0.25) is 11.1 Å².